The maximum absolute atomic E-state index is 13.2. The molecule has 0 saturated heterocycles. The maximum Gasteiger partial charge on any atom is 0.305 e. The van der Waals surface area contributed by atoms with E-state index in [4.69, 9.17) is 9.47 Å². The fourth-order valence-corrected chi connectivity index (χ4v) is 3.25. The molecule has 1 atom stereocenters. The van der Waals surface area contributed by atoms with Crippen LogP contribution >= 0.6 is 15.9 Å². The van der Waals surface area contributed by atoms with Gasteiger partial charge in [-0.05, 0) is 23.8 Å². The van der Waals surface area contributed by atoms with Gasteiger partial charge in [0.2, 0.25) is 5.78 Å². The Bertz CT molecular complexity index is 815. The van der Waals surface area contributed by atoms with Crippen LogP contribution in [0.2, 0.25) is 0 Å². The second-order valence-corrected chi connectivity index (χ2v) is 6.89. The molecule has 130 valence electrons. The molecule has 25 heavy (non-hydrogen) atoms. The minimum Gasteiger partial charge on any atom is -0.508 e. The zero-order valence-electron chi connectivity index (χ0n) is 13.6. The normalized spacial score (nSPS) is 18.3. The molecule has 1 aliphatic heterocycles. The number of fused-ring (bicyclic) bond motifs is 1. The third-order valence-electron chi connectivity index (χ3n) is 4.31. The van der Waals surface area contributed by atoms with Crippen LogP contribution in [0.5, 0.6) is 11.5 Å². The van der Waals surface area contributed by atoms with Crippen molar-refractivity contribution in [2.24, 2.45) is 0 Å². The summed E-state index contributed by atoms with van der Waals surface area (Å²) in [6.45, 7) is 0. The number of carbonyl (C=O) groups excluding carboxylic acids is 2. The van der Waals surface area contributed by atoms with E-state index in [1.807, 2.05) is 0 Å². The summed E-state index contributed by atoms with van der Waals surface area (Å²) in [6.07, 6.45) is 0.608. The van der Waals surface area contributed by atoms with Crippen LogP contribution < -0.4 is 4.74 Å². The molecular weight excluding hydrogens is 388 g/mol. The molecule has 0 fully saturated rings. The standard InChI is InChI=1S/C19H17BrO5/c1-24-17(22)8-9-19(18(23)12-2-5-14(20)6-3-12)11-13-4-7-15(21)10-16(13)25-19/h2-7,10,21H,8-9,11H2,1H3. The molecule has 0 radical (unpaired) electrons. The van der Waals surface area contributed by atoms with Crippen molar-refractivity contribution in [1.82, 2.24) is 0 Å². The van der Waals surface area contributed by atoms with E-state index in [1.54, 1.807) is 36.4 Å². The first-order chi connectivity index (χ1) is 11.9. The Morgan fingerprint density at radius 3 is 2.64 bits per heavy atom. The molecular formula is C19H17BrO5. The molecule has 1 heterocycles. The molecule has 0 aromatic heterocycles. The van der Waals surface area contributed by atoms with Gasteiger partial charge in [0.1, 0.15) is 11.5 Å². The number of aromatic hydroxyl groups is 1. The van der Waals surface area contributed by atoms with E-state index < -0.39 is 11.6 Å². The van der Waals surface area contributed by atoms with Crippen LogP contribution in [0.25, 0.3) is 0 Å². The number of ether oxygens (including phenoxy) is 2. The minimum absolute atomic E-state index is 0.0682. The smallest absolute Gasteiger partial charge is 0.305 e. The Morgan fingerprint density at radius 2 is 1.96 bits per heavy atom. The molecule has 3 rings (SSSR count). The number of phenols is 1. The molecule has 1 aliphatic rings. The summed E-state index contributed by atoms with van der Waals surface area (Å²) in [7, 11) is 1.31. The number of esters is 1. The van der Waals surface area contributed by atoms with Crippen LogP contribution in [-0.4, -0.2) is 29.6 Å². The number of benzene rings is 2. The summed E-state index contributed by atoms with van der Waals surface area (Å²) in [5.74, 6) is -0.0566. The van der Waals surface area contributed by atoms with Crippen molar-refractivity contribution in [3.63, 3.8) is 0 Å². The summed E-state index contributed by atoms with van der Waals surface area (Å²) < 4.78 is 11.6. The number of carbonyl (C=O) groups is 2. The fraction of sp³-hybridized carbons (Fsp3) is 0.263. The first-order valence-corrected chi connectivity index (χ1v) is 8.61. The predicted molar refractivity (Wildman–Crippen MR) is 94.9 cm³/mol. The number of rotatable bonds is 5. The van der Waals surface area contributed by atoms with E-state index in [-0.39, 0.29) is 24.4 Å². The third-order valence-corrected chi connectivity index (χ3v) is 4.84. The Labute approximate surface area is 153 Å². The van der Waals surface area contributed by atoms with Crippen molar-refractivity contribution < 1.29 is 24.2 Å². The Morgan fingerprint density at radius 1 is 1.24 bits per heavy atom. The number of phenolic OH excluding ortho intramolecular Hbond substituents is 1. The first-order valence-electron chi connectivity index (χ1n) is 7.82. The molecule has 1 unspecified atom stereocenters. The zero-order chi connectivity index (χ0) is 18.0. The molecule has 0 saturated carbocycles. The van der Waals surface area contributed by atoms with Crippen molar-refractivity contribution in [1.29, 1.82) is 0 Å². The van der Waals surface area contributed by atoms with Gasteiger partial charge in [0, 0.05) is 35.4 Å². The van der Waals surface area contributed by atoms with Gasteiger partial charge in [-0.1, -0.05) is 34.1 Å². The van der Waals surface area contributed by atoms with Crippen molar-refractivity contribution in [3.8, 4) is 11.5 Å². The number of ketones is 1. The lowest BCUT2D eigenvalue weighted by Gasteiger charge is -2.27. The highest BCUT2D eigenvalue weighted by atomic mass is 79.9. The highest BCUT2D eigenvalue weighted by molar-refractivity contribution is 9.10. The number of hydrogen-bond donors (Lipinski definition) is 1. The lowest BCUT2D eigenvalue weighted by atomic mass is 9.84. The van der Waals surface area contributed by atoms with E-state index in [2.05, 4.69) is 15.9 Å². The average molecular weight is 405 g/mol. The van der Waals surface area contributed by atoms with Crippen LogP contribution in [0.1, 0.15) is 28.8 Å². The fourth-order valence-electron chi connectivity index (χ4n) is 2.99. The SMILES string of the molecule is COC(=O)CCC1(C(=O)c2ccc(Br)cc2)Cc2ccc(O)cc2O1. The molecule has 2 aromatic rings. The lowest BCUT2D eigenvalue weighted by Crippen LogP contribution is -2.44. The summed E-state index contributed by atoms with van der Waals surface area (Å²) in [4.78, 5) is 24.8. The highest BCUT2D eigenvalue weighted by Gasteiger charge is 2.46. The van der Waals surface area contributed by atoms with Crippen molar-refractivity contribution >= 4 is 27.7 Å². The van der Waals surface area contributed by atoms with E-state index >= 15 is 0 Å². The molecule has 6 heteroatoms. The summed E-state index contributed by atoms with van der Waals surface area (Å²) in [5, 5.41) is 9.66. The van der Waals surface area contributed by atoms with Crippen molar-refractivity contribution in [2.75, 3.05) is 7.11 Å². The molecule has 5 nitrogen and oxygen atoms in total. The Kier molecular flexibility index (Phi) is 4.81. The van der Waals surface area contributed by atoms with Gasteiger partial charge >= 0.3 is 5.97 Å². The zero-order valence-corrected chi connectivity index (χ0v) is 15.2. The number of Topliss-reactive ketones (excluding diaryl/α,β-unsaturated/α-hetero) is 1. The van der Waals surface area contributed by atoms with Gasteiger partial charge in [0.25, 0.3) is 0 Å². The van der Waals surface area contributed by atoms with Crippen molar-refractivity contribution in [2.45, 2.75) is 24.9 Å². The van der Waals surface area contributed by atoms with Crippen LogP contribution in [0, 0.1) is 0 Å². The summed E-state index contributed by atoms with van der Waals surface area (Å²) in [6, 6.07) is 11.8. The predicted octanol–water partition coefficient (Wildman–Crippen LogP) is 3.66. The molecule has 0 amide bonds. The molecule has 0 aliphatic carbocycles. The Balaban J connectivity index is 1.94. The molecule has 2 aromatic carbocycles. The first kappa shape index (κ1) is 17.5. The molecule has 0 spiro atoms. The van der Waals surface area contributed by atoms with Gasteiger partial charge < -0.3 is 14.6 Å². The second-order valence-electron chi connectivity index (χ2n) is 5.98. The van der Waals surface area contributed by atoms with Crippen LogP contribution in [-0.2, 0) is 16.0 Å². The van der Waals surface area contributed by atoms with Gasteiger partial charge in [-0.2, -0.15) is 0 Å². The second kappa shape index (κ2) is 6.88. The van der Waals surface area contributed by atoms with Gasteiger partial charge in [-0.15, -0.1) is 0 Å². The largest absolute Gasteiger partial charge is 0.508 e. The molecule has 1 N–H and O–H groups in total. The number of halogens is 1. The third kappa shape index (κ3) is 3.54. The van der Waals surface area contributed by atoms with Crippen molar-refractivity contribution in [3.05, 3.63) is 58.1 Å². The van der Waals surface area contributed by atoms with Gasteiger partial charge in [-0.25, -0.2) is 0 Å². The monoisotopic (exact) mass is 404 g/mol. The summed E-state index contributed by atoms with van der Waals surface area (Å²) in [5.41, 5.74) is 0.149. The Hall–Kier alpha value is -2.34. The molecule has 0 bridgehead atoms. The topological polar surface area (TPSA) is 72.8 Å². The lowest BCUT2D eigenvalue weighted by molar-refractivity contribution is -0.141. The van der Waals surface area contributed by atoms with Crippen LogP contribution in [0.4, 0.5) is 0 Å². The van der Waals surface area contributed by atoms with E-state index in [1.165, 1.54) is 13.2 Å². The number of methoxy groups -OCH3 is 1. The number of hydrogen-bond acceptors (Lipinski definition) is 5. The summed E-state index contributed by atoms with van der Waals surface area (Å²) >= 11 is 3.35. The van der Waals surface area contributed by atoms with Crippen LogP contribution in [0.3, 0.4) is 0 Å². The van der Waals surface area contributed by atoms with Gasteiger partial charge in [0.05, 0.1) is 7.11 Å². The van der Waals surface area contributed by atoms with E-state index in [0.29, 0.717) is 17.7 Å². The van der Waals surface area contributed by atoms with Crippen LogP contribution in [0.15, 0.2) is 46.9 Å². The highest BCUT2D eigenvalue weighted by Crippen LogP contribution is 2.41. The van der Waals surface area contributed by atoms with E-state index in [0.717, 1.165) is 10.0 Å². The van der Waals surface area contributed by atoms with Gasteiger partial charge in [-0.3, -0.25) is 9.59 Å². The minimum atomic E-state index is -1.18. The van der Waals surface area contributed by atoms with Gasteiger partial charge in [0.15, 0.2) is 5.60 Å². The van der Waals surface area contributed by atoms with E-state index in [9.17, 15) is 14.7 Å². The quantitative estimate of drug-likeness (QED) is 0.607. The average Bonchev–Trinajstić information content (AvgIpc) is 2.98. The maximum atomic E-state index is 13.2.